The number of nitro groups is 1. The maximum absolute atomic E-state index is 13.1. The van der Waals surface area contributed by atoms with Crippen molar-refractivity contribution in [3.05, 3.63) is 39.7 Å². The number of halogens is 1. The lowest BCUT2D eigenvalue weighted by molar-refractivity contribution is -0.387. The van der Waals surface area contributed by atoms with Crippen LogP contribution in [0.15, 0.2) is 18.2 Å². The Balaban J connectivity index is 2.86. The summed E-state index contributed by atoms with van der Waals surface area (Å²) < 4.78 is 13.1. The molecular formula is C11H11FN2O6. The second-order valence-electron chi connectivity index (χ2n) is 4.18. The molecule has 1 aromatic carbocycles. The maximum Gasteiger partial charge on any atom is 0.337 e. The molecule has 3 N–H and O–H groups in total. The summed E-state index contributed by atoms with van der Waals surface area (Å²) in [5.74, 6) is -3.50. The van der Waals surface area contributed by atoms with Crippen molar-refractivity contribution in [2.75, 3.05) is 6.54 Å². The van der Waals surface area contributed by atoms with E-state index in [1.807, 2.05) is 0 Å². The normalized spacial score (nSPS) is 13.3. The van der Waals surface area contributed by atoms with Crippen molar-refractivity contribution in [3.63, 3.8) is 0 Å². The van der Waals surface area contributed by atoms with Crippen molar-refractivity contribution in [1.29, 1.82) is 0 Å². The number of benzene rings is 1. The summed E-state index contributed by atoms with van der Waals surface area (Å²) in [4.78, 5) is 31.8. The van der Waals surface area contributed by atoms with Crippen LogP contribution in [0, 0.1) is 15.9 Å². The first-order valence-electron chi connectivity index (χ1n) is 5.33. The number of amides is 1. The molecule has 0 heterocycles. The van der Waals surface area contributed by atoms with E-state index in [9.17, 15) is 29.2 Å². The van der Waals surface area contributed by atoms with Crippen molar-refractivity contribution in [2.45, 2.75) is 12.5 Å². The van der Waals surface area contributed by atoms with E-state index in [0.29, 0.717) is 0 Å². The van der Waals surface area contributed by atoms with E-state index in [1.54, 1.807) is 0 Å². The zero-order valence-electron chi connectivity index (χ0n) is 10.3. The van der Waals surface area contributed by atoms with Crippen LogP contribution in [0.3, 0.4) is 0 Å². The number of carboxylic acids is 1. The Kier molecular flexibility index (Phi) is 4.35. The lowest BCUT2D eigenvalue weighted by Crippen LogP contribution is -2.46. The van der Waals surface area contributed by atoms with Crippen LogP contribution in [0.2, 0.25) is 0 Å². The smallest absolute Gasteiger partial charge is 0.337 e. The maximum atomic E-state index is 13.1. The number of aliphatic carboxylic acids is 1. The molecule has 8 nitrogen and oxygen atoms in total. The average Bonchev–Trinajstić information content (AvgIpc) is 2.36. The Morgan fingerprint density at radius 1 is 1.50 bits per heavy atom. The number of hydrogen-bond acceptors (Lipinski definition) is 5. The number of aliphatic hydroxyl groups is 1. The lowest BCUT2D eigenvalue weighted by Gasteiger charge is -2.18. The molecule has 0 saturated heterocycles. The second kappa shape index (κ2) is 5.61. The second-order valence-corrected chi connectivity index (χ2v) is 4.18. The Morgan fingerprint density at radius 3 is 2.60 bits per heavy atom. The summed E-state index contributed by atoms with van der Waals surface area (Å²) in [6.07, 6.45) is 0. The van der Waals surface area contributed by atoms with Crippen molar-refractivity contribution in [1.82, 2.24) is 5.32 Å². The molecule has 0 aromatic heterocycles. The molecule has 20 heavy (non-hydrogen) atoms. The summed E-state index contributed by atoms with van der Waals surface area (Å²) in [5, 5.41) is 30.6. The highest BCUT2D eigenvalue weighted by Gasteiger charge is 2.30. The van der Waals surface area contributed by atoms with E-state index in [1.165, 1.54) is 0 Å². The van der Waals surface area contributed by atoms with Gasteiger partial charge in [-0.05, 0) is 19.1 Å². The number of carbonyl (C=O) groups is 2. The van der Waals surface area contributed by atoms with Crippen LogP contribution in [-0.2, 0) is 4.79 Å². The van der Waals surface area contributed by atoms with Crippen LogP contribution in [0.4, 0.5) is 10.1 Å². The molecule has 0 saturated carbocycles. The molecule has 1 rings (SSSR count). The van der Waals surface area contributed by atoms with Crippen molar-refractivity contribution in [2.24, 2.45) is 0 Å². The number of nitrogens with one attached hydrogen (secondary N) is 1. The summed E-state index contributed by atoms with van der Waals surface area (Å²) in [6.45, 7) is 0.370. The predicted octanol–water partition coefficient (Wildman–Crippen LogP) is 0.299. The first-order valence-corrected chi connectivity index (χ1v) is 5.33. The minimum absolute atomic E-state index is 0.223. The zero-order valence-corrected chi connectivity index (χ0v) is 10.3. The number of nitrogens with zero attached hydrogens (tertiary/aromatic N) is 1. The van der Waals surface area contributed by atoms with Crippen molar-refractivity contribution < 1.29 is 29.1 Å². The standard InChI is InChI=1S/C11H11FN2O6/c1-11(18,10(16)17)5-13-9(15)6-2-3-7(12)8(4-6)14(19)20/h2-4,18H,5H2,1H3,(H,13,15)(H,16,17). The summed E-state index contributed by atoms with van der Waals surface area (Å²) >= 11 is 0. The molecular weight excluding hydrogens is 275 g/mol. The van der Waals surface area contributed by atoms with Gasteiger partial charge in [0, 0.05) is 11.6 Å². The molecule has 0 aliphatic heterocycles. The minimum atomic E-state index is -2.18. The zero-order chi connectivity index (χ0) is 15.5. The number of rotatable bonds is 5. The van der Waals surface area contributed by atoms with Crippen LogP contribution < -0.4 is 5.32 Å². The predicted molar refractivity (Wildman–Crippen MR) is 63.6 cm³/mol. The quantitative estimate of drug-likeness (QED) is 0.527. The van der Waals surface area contributed by atoms with Gasteiger partial charge in [0.2, 0.25) is 5.82 Å². The number of carboxylic acid groups (broad SMARTS) is 1. The van der Waals surface area contributed by atoms with E-state index in [0.717, 1.165) is 25.1 Å². The minimum Gasteiger partial charge on any atom is -0.479 e. The third kappa shape index (κ3) is 3.48. The number of carbonyl (C=O) groups excluding carboxylic acids is 1. The molecule has 1 atom stereocenters. The van der Waals surface area contributed by atoms with Gasteiger partial charge in [0.15, 0.2) is 5.60 Å². The summed E-state index contributed by atoms with van der Waals surface area (Å²) in [7, 11) is 0. The molecule has 0 aliphatic rings. The van der Waals surface area contributed by atoms with E-state index < -0.39 is 40.5 Å². The van der Waals surface area contributed by atoms with E-state index in [-0.39, 0.29) is 5.56 Å². The van der Waals surface area contributed by atoms with Crippen LogP contribution in [0.5, 0.6) is 0 Å². The molecule has 0 fully saturated rings. The first kappa shape index (κ1) is 15.5. The Hall–Kier alpha value is -2.55. The van der Waals surface area contributed by atoms with Gasteiger partial charge < -0.3 is 15.5 Å². The van der Waals surface area contributed by atoms with E-state index in [2.05, 4.69) is 5.32 Å². The van der Waals surface area contributed by atoms with Crippen LogP contribution in [0.1, 0.15) is 17.3 Å². The Bertz CT molecular complexity index is 572. The van der Waals surface area contributed by atoms with Gasteiger partial charge in [-0.3, -0.25) is 14.9 Å². The van der Waals surface area contributed by atoms with Gasteiger partial charge in [-0.1, -0.05) is 0 Å². The first-order chi connectivity index (χ1) is 9.15. The van der Waals surface area contributed by atoms with Gasteiger partial charge in [-0.2, -0.15) is 4.39 Å². The summed E-state index contributed by atoms with van der Waals surface area (Å²) in [6, 6.07) is 2.48. The van der Waals surface area contributed by atoms with Gasteiger partial charge in [0.25, 0.3) is 5.91 Å². The SMILES string of the molecule is CC(O)(CNC(=O)c1ccc(F)c([N+](=O)[O-])c1)C(=O)O. The van der Waals surface area contributed by atoms with Gasteiger partial charge in [-0.15, -0.1) is 0 Å². The van der Waals surface area contributed by atoms with E-state index in [4.69, 9.17) is 5.11 Å². The average molecular weight is 286 g/mol. The molecule has 9 heteroatoms. The third-order valence-corrected chi connectivity index (χ3v) is 2.46. The topological polar surface area (TPSA) is 130 Å². The highest BCUT2D eigenvalue weighted by atomic mass is 19.1. The van der Waals surface area contributed by atoms with Gasteiger partial charge in [0.05, 0.1) is 11.5 Å². The highest BCUT2D eigenvalue weighted by molar-refractivity contribution is 5.95. The van der Waals surface area contributed by atoms with Gasteiger partial charge in [-0.25, -0.2) is 4.79 Å². The van der Waals surface area contributed by atoms with Crippen molar-refractivity contribution in [3.8, 4) is 0 Å². The molecule has 1 aromatic rings. The number of nitro benzene ring substituents is 1. The highest BCUT2D eigenvalue weighted by Crippen LogP contribution is 2.18. The number of hydrogen-bond donors (Lipinski definition) is 3. The lowest BCUT2D eigenvalue weighted by atomic mass is 10.1. The fraction of sp³-hybridized carbons (Fsp3) is 0.273. The third-order valence-electron chi connectivity index (χ3n) is 2.46. The molecule has 0 aliphatic carbocycles. The van der Waals surface area contributed by atoms with Gasteiger partial charge in [0.1, 0.15) is 0 Å². The Labute approximate surface area is 112 Å². The van der Waals surface area contributed by atoms with Crippen LogP contribution in [0.25, 0.3) is 0 Å². The van der Waals surface area contributed by atoms with Crippen LogP contribution >= 0.6 is 0 Å². The molecule has 0 spiro atoms. The molecule has 108 valence electrons. The monoisotopic (exact) mass is 286 g/mol. The van der Waals surface area contributed by atoms with E-state index >= 15 is 0 Å². The van der Waals surface area contributed by atoms with Crippen LogP contribution in [-0.4, -0.2) is 39.2 Å². The summed E-state index contributed by atoms with van der Waals surface area (Å²) in [5.41, 5.74) is -3.27. The molecule has 0 radical (unpaired) electrons. The fourth-order valence-corrected chi connectivity index (χ4v) is 1.22. The van der Waals surface area contributed by atoms with Gasteiger partial charge >= 0.3 is 11.7 Å². The van der Waals surface area contributed by atoms with Crippen molar-refractivity contribution >= 4 is 17.6 Å². The largest absolute Gasteiger partial charge is 0.479 e. The molecule has 1 unspecified atom stereocenters. The molecule has 0 bridgehead atoms. The molecule has 1 amide bonds. The Morgan fingerprint density at radius 2 is 2.10 bits per heavy atom. The fourth-order valence-electron chi connectivity index (χ4n) is 1.22.